The zero-order valence-electron chi connectivity index (χ0n) is 7.79. The topological polar surface area (TPSA) is 63.9 Å². The van der Waals surface area contributed by atoms with Crippen molar-refractivity contribution in [3.05, 3.63) is 0 Å². The van der Waals surface area contributed by atoms with E-state index >= 15 is 0 Å². The second-order valence-corrected chi connectivity index (χ2v) is 5.37. The van der Waals surface area contributed by atoms with E-state index in [4.69, 9.17) is 18.8 Å². The Kier molecular flexibility index (Phi) is 6.08. The summed E-state index contributed by atoms with van der Waals surface area (Å²) in [5.41, 5.74) is 6.60. The van der Waals surface area contributed by atoms with Crippen LogP contribution in [0, 0.1) is 5.53 Å². The van der Waals surface area contributed by atoms with Crippen molar-refractivity contribution in [3.63, 3.8) is 0 Å². The van der Waals surface area contributed by atoms with Crippen molar-refractivity contribution in [2.24, 2.45) is 5.11 Å². The standard InChI is InChI=1S/C6H16N2O3Si/c1-9-12(10-2,11-3)6-4-5-8-7/h7H,4-6H2,1-3H3. The molecule has 72 valence electrons. The first kappa shape index (κ1) is 11.7. The Bertz CT molecular complexity index is 122. The zero-order valence-corrected chi connectivity index (χ0v) is 8.79. The maximum atomic E-state index is 6.60. The van der Waals surface area contributed by atoms with Gasteiger partial charge < -0.3 is 13.3 Å². The first-order valence-electron chi connectivity index (χ1n) is 3.73. The summed E-state index contributed by atoms with van der Waals surface area (Å²) in [4.78, 5) is 0. The predicted octanol–water partition coefficient (Wildman–Crippen LogP) is 1.29. The van der Waals surface area contributed by atoms with Crippen LogP contribution >= 0.6 is 0 Å². The third kappa shape index (κ3) is 3.40. The fourth-order valence-electron chi connectivity index (χ4n) is 0.931. The highest BCUT2D eigenvalue weighted by Crippen LogP contribution is 2.14. The minimum atomic E-state index is -2.40. The van der Waals surface area contributed by atoms with Crippen molar-refractivity contribution in [1.29, 1.82) is 5.53 Å². The molecule has 0 aromatic rings. The Morgan fingerprint density at radius 3 is 2.00 bits per heavy atom. The van der Waals surface area contributed by atoms with Crippen LogP contribution in [-0.2, 0) is 13.3 Å². The van der Waals surface area contributed by atoms with E-state index in [1.807, 2.05) is 0 Å². The highest BCUT2D eigenvalue weighted by atomic mass is 28.4. The largest absolute Gasteiger partial charge is 0.500 e. The molecule has 0 aliphatic rings. The SMILES string of the molecule is CO[Si](CCCN=N)(OC)OC. The van der Waals surface area contributed by atoms with Crippen LogP contribution in [0.25, 0.3) is 0 Å². The van der Waals surface area contributed by atoms with E-state index in [0.717, 1.165) is 6.42 Å². The Morgan fingerprint density at radius 1 is 1.17 bits per heavy atom. The molecule has 0 aliphatic carbocycles. The molecule has 0 saturated carbocycles. The van der Waals surface area contributed by atoms with Gasteiger partial charge in [-0.15, -0.1) is 0 Å². The van der Waals surface area contributed by atoms with Gasteiger partial charge in [0.25, 0.3) is 0 Å². The number of hydrogen-bond donors (Lipinski definition) is 1. The van der Waals surface area contributed by atoms with Gasteiger partial charge >= 0.3 is 8.80 Å². The van der Waals surface area contributed by atoms with Crippen LogP contribution in [-0.4, -0.2) is 36.7 Å². The quantitative estimate of drug-likeness (QED) is 0.375. The Hall–Kier alpha value is -0.303. The number of nitrogens with zero attached hydrogens (tertiary/aromatic N) is 1. The summed E-state index contributed by atoms with van der Waals surface area (Å²) in [5.74, 6) is 0. The van der Waals surface area contributed by atoms with Crippen LogP contribution in [0.1, 0.15) is 6.42 Å². The fraction of sp³-hybridized carbons (Fsp3) is 1.00. The van der Waals surface area contributed by atoms with Crippen molar-refractivity contribution in [2.45, 2.75) is 12.5 Å². The summed E-state index contributed by atoms with van der Waals surface area (Å²) < 4.78 is 15.5. The molecule has 0 aromatic heterocycles. The van der Waals surface area contributed by atoms with E-state index in [1.165, 1.54) is 0 Å². The number of nitrogens with one attached hydrogen (secondary N) is 1. The minimum absolute atomic E-state index is 0.505. The summed E-state index contributed by atoms with van der Waals surface area (Å²) >= 11 is 0. The molecule has 5 nitrogen and oxygen atoms in total. The Balaban J connectivity index is 3.84. The number of rotatable bonds is 7. The van der Waals surface area contributed by atoms with Crippen molar-refractivity contribution in [2.75, 3.05) is 27.9 Å². The van der Waals surface area contributed by atoms with E-state index in [0.29, 0.717) is 12.6 Å². The first-order valence-corrected chi connectivity index (χ1v) is 5.66. The lowest BCUT2D eigenvalue weighted by Gasteiger charge is -2.23. The fourth-order valence-corrected chi connectivity index (χ4v) is 2.63. The van der Waals surface area contributed by atoms with Gasteiger partial charge in [0.05, 0.1) is 6.54 Å². The van der Waals surface area contributed by atoms with Crippen LogP contribution in [0.15, 0.2) is 5.11 Å². The van der Waals surface area contributed by atoms with E-state index in [1.54, 1.807) is 21.3 Å². The van der Waals surface area contributed by atoms with Gasteiger partial charge in [-0.3, -0.25) is 0 Å². The molecule has 0 spiro atoms. The maximum absolute atomic E-state index is 6.60. The lowest BCUT2D eigenvalue weighted by atomic mass is 10.5. The van der Waals surface area contributed by atoms with E-state index in [-0.39, 0.29) is 0 Å². The van der Waals surface area contributed by atoms with Gasteiger partial charge in [0.1, 0.15) is 0 Å². The molecule has 0 heterocycles. The summed E-state index contributed by atoms with van der Waals surface area (Å²) in [6.45, 7) is 0.505. The monoisotopic (exact) mass is 192 g/mol. The number of hydrogen-bond acceptors (Lipinski definition) is 5. The molecule has 0 aliphatic heterocycles. The van der Waals surface area contributed by atoms with Crippen LogP contribution in [0.3, 0.4) is 0 Å². The molecular formula is C6H16N2O3Si. The van der Waals surface area contributed by atoms with Crippen molar-refractivity contribution in [1.82, 2.24) is 0 Å². The van der Waals surface area contributed by atoms with E-state index < -0.39 is 8.80 Å². The van der Waals surface area contributed by atoms with E-state index in [2.05, 4.69) is 5.11 Å². The van der Waals surface area contributed by atoms with Crippen molar-refractivity contribution in [3.8, 4) is 0 Å². The molecule has 0 fully saturated rings. The summed E-state index contributed by atoms with van der Waals surface area (Å²) in [5, 5.41) is 3.25. The van der Waals surface area contributed by atoms with Crippen molar-refractivity contribution < 1.29 is 13.3 Å². The average molecular weight is 192 g/mol. The first-order chi connectivity index (χ1) is 5.74. The summed E-state index contributed by atoms with van der Waals surface area (Å²) in [6, 6.07) is 0.707. The molecule has 0 bridgehead atoms. The van der Waals surface area contributed by atoms with Gasteiger partial charge in [0.2, 0.25) is 0 Å². The summed E-state index contributed by atoms with van der Waals surface area (Å²) in [6.07, 6.45) is 0.769. The normalized spacial score (nSPS) is 11.6. The average Bonchev–Trinajstić information content (AvgIpc) is 2.14. The second-order valence-electron chi connectivity index (χ2n) is 2.28. The van der Waals surface area contributed by atoms with Crippen LogP contribution in [0.4, 0.5) is 0 Å². The van der Waals surface area contributed by atoms with Crippen LogP contribution in [0.2, 0.25) is 6.04 Å². The Morgan fingerprint density at radius 2 is 1.67 bits per heavy atom. The highest BCUT2D eigenvalue weighted by Gasteiger charge is 2.36. The molecule has 0 atom stereocenters. The minimum Gasteiger partial charge on any atom is -0.377 e. The van der Waals surface area contributed by atoms with Gasteiger partial charge in [0.15, 0.2) is 0 Å². The van der Waals surface area contributed by atoms with Crippen molar-refractivity contribution >= 4 is 8.80 Å². The third-order valence-electron chi connectivity index (χ3n) is 1.69. The highest BCUT2D eigenvalue weighted by molar-refractivity contribution is 6.60. The van der Waals surface area contributed by atoms with Gasteiger partial charge in [-0.25, -0.2) is 5.53 Å². The molecule has 0 saturated heterocycles. The van der Waals surface area contributed by atoms with Crippen LogP contribution < -0.4 is 0 Å². The Labute approximate surface area is 73.9 Å². The molecule has 0 aromatic carbocycles. The molecule has 6 heteroatoms. The molecule has 0 amide bonds. The molecule has 0 radical (unpaired) electrons. The van der Waals surface area contributed by atoms with Gasteiger partial charge in [-0.05, 0) is 6.42 Å². The molecule has 12 heavy (non-hydrogen) atoms. The molecule has 1 N–H and O–H groups in total. The lowest BCUT2D eigenvalue weighted by Crippen LogP contribution is -2.42. The van der Waals surface area contributed by atoms with Crippen LogP contribution in [0.5, 0.6) is 0 Å². The molecule has 0 unspecified atom stereocenters. The predicted molar refractivity (Wildman–Crippen MR) is 46.2 cm³/mol. The smallest absolute Gasteiger partial charge is 0.377 e. The van der Waals surface area contributed by atoms with Gasteiger partial charge in [0, 0.05) is 27.4 Å². The zero-order chi connectivity index (χ0) is 9.45. The lowest BCUT2D eigenvalue weighted by molar-refractivity contribution is 0.123. The van der Waals surface area contributed by atoms with Gasteiger partial charge in [-0.2, -0.15) is 5.11 Å². The van der Waals surface area contributed by atoms with Gasteiger partial charge in [-0.1, -0.05) is 0 Å². The second kappa shape index (κ2) is 6.24. The molecular weight excluding hydrogens is 176 g/mol. The van der Waals surface area contributed by atoms with E-state index in [9.17, 15) is 0 Å². The summed E-state index contributed by atoms with van der Waals surface area (Å²) in [7, 11) is 2.34. The maximum Gasteiger partial charge on any atom is 0.500 e. The third-order valence-corrected chi connectivity index (χ3v) is 4.52. The molecule has 0 rings (SSSR count).